The predicted octanol–water partition coefficient (Wildman–Crippen LogP) is 3.82. The number of aromatic nitrogens is 2. The van der Waals surface area contributed by atoms with Crippen LogP contribution in [0.5, 0.6) is 5.75 Å². The average Bonchev–Trinajstić information content (AvgIpc) is 3.40. The van der Waals surface area contributed by atoms with Gasteiger partial charge in [0.05, 0.1) is 18.0 Å². The van der Waals surface area contributed by atoms with Gasteiger partial charge in [-0.25, -0.2) is 4.39 Å². The quantitative estimate of drug-likeness (QED) is 0.625. The number of piperazine rings is 1. The molecular weight excluding hydrogens is 379 g/mol. The Balaban J connectivity index is 1.36. The van der Waals surface area contributed by atoms with Crippen LogP contribution in [0, 0.1) is 5.82 Å². The SMILES string of the molecule is COc1ccc(F)cc1CN1CCN([C@H](C)c2nnc(-c3cccs3)o2)CC1. The summed E-state index contributed by atoms with van der Waals surface area (Å²) in [6, 6.07) is 8.68. The van der Waals surface area contributed by atoms with Crippen LogP contribution in [0.15, 0.2) is 40.1 Å². The molecule has 0 aliphatic carbocycles. The second-order valence-corrected chi connectivity index (χ2v) is 7.81. The maximum Gasteiger partial charge on any atom is 0.257 e. The molecule has 0 radical (unpaired) electrons. The number of methoxy groups -OCH3 is 1. The molecule has 4 rings (SSSR count). The minimum absolute atomic E-state index is 0.0621. The molecule has 1 saturated heterocycles. The molecule has 28 heavy (non-hydrogen) atoms. The summed E-state index contributed by atoms with van der Waals surface area (Å²) in [6.07, 6.45) is 0. The van der Waals surface area contributed by atoms with Crippen LogP contribution in [0.2, 0.25) is 0 Å². The molecule has 1 aliphatic heterocycles. The normalized spacial score (nSPS) is 17.0. The molecule has 1 atom stereocenters. The van der Waals surface area contributed by atoms with E-state index < -0.39 is 0 Å². The van der Waals surface area contributed by atoms with Crippen molar-refractivity contribution < 1.29 is 13.5 Å². The van der Waals surface area contributed by atoms with Gasteiger partial charge in [-0.3, -0.25) is 9.80 Å². The number of benzene rings is 1. The molecule has 6 nitrogen and oxygen atoms in total. The largest absolute Gasteiger partial charge is 0.496 e. The number of nitrogens with zero attached hydrogens (tertiary/aromatic N) is 4. The van der Waals surface area contributed by atoms with Crippen LogP contribution < -0.4 is 4.74 Å². The van der Waals surface area contributed by atoms with Crippen LogP contribution in [0.4, 0.5) is 4.39 Å². The van der Waals surface area contributed by atoms with Gasteiger partial charge in [-0.1, -0.05) is 6.07 Å². The lowest BCUT2D eigenvalue weighted by atomic mass is 10.1. The molecule has 1 aromatic carbocycles. The van der Waals surface area contributed by atoms with Crippen LogP contribution in [0.1, 0.15) is 24.4 Å². The van der Waals surface area contributed by atoms with E-state index >= 15 is 0 Å². The topological polar surface area (TPSA) is 54.6 Å². The minimum Gasteiger partial charge on any atom is -0.496 e. The number of rotatable bonds is 6. The van der Waals surface area contributed by atoms with E-state index in [2.05, 4.69) is 26.9 Å². The minimum atomic E-state index is -0.235. The highest BCUT2D eigenvalue weighted by atomic mass is 32.1. The summed E-state index contributed by atoms with van der Waals surface area (Å²) in [6.45, 7) is 6.31. The molecule has 0 N–H and O–H groups in total. The van der Waals surface area contributed by atoms with E-state index in [9.17, 15) is 4.39 Å². The Hall–Kier alpha value is -2.29. The fourth-order valence-electron chi connectivity index (χ4n) is 3.48. The van der Waals surface area contributed by atoms with Crippen molar-refractivity contribution >= 4 is 11.3 Å². The van der Waals surface area contributed by atoms with Crippen LogP contribution in [-0.4, -0.2) is 53.3 Å². The van der Waals surface area contributed by atoms with Gasteiger partial charge in [0.15, 0.2) is 0 Å². The van der Waals surface area contributed by atoms with Gasteiger partial charge in [0.1, 0.15) is 11.6 Å². The van der Waals surface area contributed by atoms with Gasteiger partial charge >= 0.3 is 0 Å². The molecule has 2 aromatic heterocycles. The van der Waals surface area contributed by atoms with Crippen molar-refractivity contribution in [2.24, 2.45) is 0 Å². The van der Waals surface area contributed by atoms with Gasteiger partial charge < -0.3 is 9.15 Å². The second kappa shape index (κ2) is 8.38. The highest BCUT2D eigenvalue weighted by Crippen LogP contribution is 2.28. The summed E-state index contributed by atoms with van der Waals surface area (Å²) >= 11 is 1.59. The van der Waals surface area contributed by atoms with Crippen molar-refractivity contribution in [3.8, 4) is 16.5 Å². The Bertz CT molecular complexity index is 907. The van der Waals surface area contributed by atoms with Crippen LogP contribution in [-0.2, 0) is 6.54 Å². The highest BCUT2D eigenvalue weighted by Gasteiger charge is 2.26. The Kier molecular flexibility index (Phi) is 5.70. The van der Waals surface area contributed by atoms with Gasteiger partial charge in [0, 0.05) is 38.3 Å². The molecule has 1 aliphatic rings. The van der Waals surface area contributed by atoms with Crippen LogP contribution >= 0.6 is 11.3 Å². The monoisotopic (exact) mass is 402 g/mol. The fourth-order valence-corrected chi connectivity index (χ4v) is 4.12. The summed E-state index contributed by atoms with van der Waals surface area (Å²) in [5, 5.41) is 10.4. The number of halogens is 1. The highest BCUT2D eigenvalue weighted by molar-refractivity contribution is 7.13. The lowest BCUT2D eigenvalue weighted by Gasteiger charge is -2.37. The first-order chi connectivity index (χ1) is 13.6. The molecule has 0 saturated carbocycles. The summed E-state index contributed by atoms with van der Waals surface area (Å²) in [5.74, 6) is 1.71. The summed E-state index contributed by atoms with van der Waals surface area (Å²) < 4.78 is 24.8. The summed E-state index contributed by atoms with van der Waals surface area (Å²) in [5.41, 5.74) is 0.876. The van der Waals surface area contributed by atoms with Gasteiger partial charge in [0.25, 0.3) is 5.89 Å². The van der Waals surface area contributed by atoms with E-state index in [0.29, 0.717) is 18.3 Å². The lowest BCUT2D eigenvalue weighted by molar-refractivity contribution is 0.0871. The van der Waals surface area contributed by atoms with Crippen molar-refractivity contribution in [3.05, 3.63) is 53.0 Å². The molecule has 0 unspecified atom stereocenters. The van der Waals surface area contributed by atoms with Crippen molar-refractivity contribution in [2.75, 3.05) is 33.3 Å². The van der Waals surface area contributed by atoms with E-state index in [1.54, 1.807) is 30.6 Å². The number of hydrogen-bond donors (Lipinski definition) is 0. The van der Waals surface area contributed by atoms with Crippen molar-refractivity contribution in [3.63, 3.8) is 0 Å². The van der Waals surface area contributed by atoms with Crippen molar-refractivity contribution in [1.29, 1.82) is 0 Å². The summed E-state index contributed by atoms with van der Waals surface area (Å²) in [7, 11) is 1.62. The van der Waals surface area contributed by atoms with E-state index in [-0.39, 0.29) is 11.9 Å². The summed E-state index contributed by atoms with van der Waals surface area (Å²) in [4.78, 5) is 5.64. The van der Waals surface area contributed by atoms with Crippen LogP contribution in [0.25, 0.3) is 10.8 Å². The Labute approximate surface area is 167 Å². The second-order valence-electron chi connectivity index (χ2n) is 6.87. The first-order valence-corrected chi connectivity index (χ1v) is 10.2. The zero-order valence-electron chi connectivity index (χ0n) is 16.0. The molecule has 1 fully saturated rings. The van der Waals surface area contributed by atoms with Crippen molar-refractivity contribution in [2.45, 2.75) is 19.5 Å². The standard InChI is InChI=1S/C20H23FN4O2S/c1-14(19-22-23-20(27-19)18-4-3-11-28-18)25-9-7-24(8-10-25)13-15-12-16(21)5-6-17(15)26-2/h3-6,11-12,14H,7-10,13H2,1-2H3/t14-/m1/s1. The molecular formula is C20H23FN4O2S. The van der Waals surface area contributed by atoms with E-state index in [0.717, 1.165) is 42.4 Å². The third-order valence-corrected chi connectivity index (χ3v) is 5.98. The molecule has 0 spiro atoms. The fraction of sp³-hybridized carbons (Fsp3) is 0.400. The van der Waals surface area contributed by atoms with E-state index in [4.69, 9.17) is 9.15 Å². The first kappa shape index (κ1) is 19.0. The molecule has 0 bridgehead atoms. The third kappa shape index (κ3) is 4.09. The van der Waals surface area contributed by atoms with E-state index in [1.807, 2.05) is 17.5 Å². The zero-order chi connectivity index (χ0) is 19.5. The first-order valence-electron chi connectivity index (χ1n) is 9.30. The molecule has 8 heteroatoms. The van der Waals surface area contributed by atoms with Gasteiger partial charge in [-0.15, -0.1) is 21.5 Å². The zero-order valence-corrected chi connectivity index (χ0v) is 16.8. The molecule has 3 aromatic rings. The maximum absolute atomic E-state index is 13.6. The van der Waals surface area contributed by atoms with Gasteiger partial charge in [-0.05, 0) is 36.6 Å². The smallest absolute Gasteiger partial charge is 0.257 e. The van der Waals surface area contributed by atoms with E-state index in [1.165, 1.54) is 6.07 Å². The third-order valence-electron chi connectivity index (χ3n) is 5.12. The van der Waals surface area contributed by atoms with Gasteiger partial charge in [-0.2, -0.15) is 0 Å². The average molecular weight is 402 g/mol. The Morgan fingerprint density at radius 1 is 1.21 bits per heavy atom. The molecule has 148 valence electrons. The Morgan fingerprint density at radius 3 is 2.75 bits per heavy atom. The number of thiophene rings is 1. The maximum atomic E-state index is 13.6. The lowest BCUT2D eigenvalue weighted by Crippen LogP contribution is -2.46. The predicted molar refractivity (Wildman–Crippen MR) is 106 cm³/mol. The molecule has 3 heterocycles. The molecule has 0 amide bonds. The van der Waals surface area contributed by atoms with Gasteiger partial charge in [0.2, 0.25) is 5.89 Å². The van der Waals surface area contributed by atoms with Crippen molar-refractivity contribution in [1.82, 2.24) is 20.0 Å². The van der Waals surface area contributed by atoms with Crippen LogP contribution in [0.3, 0.4) is 0 Å². The Morgan fingerprint density at radius 2 is 2.04 bits per heavy atom. The number of ether oxygens (including phenoxy) is 1. The number of hydrogen-bond acceptors (Lipinski definition) is 7.